The highest BCUT2D eigenvalue weighted by Gasteiger charge is 2.49. The van der Waals surface area contributed by atoms with Crippen molar-refractivity contribution in [2.75, 3.05) is 33.9 Å². The second-order valence-corrected chi connectivity index (χ2v) is 12.3. The number of benzene rings is 3. The largest absolute Gasteiger partial charge is 0.493 e. The number of rotatable bonds is 9. The van der Waals surface area contributed by atoms with Crippen LogP contribution < -0.4 is 14.8 Å². The lowest BCUT2D eigenvalue weighted by Crippen LogP contribution is -2.58. The van der Waals surface area contributed by atoms with Crippen LogP contribution in [0.25, 0.3) is 11.1 Å². The van der Waals surface area contributed by atoms with Crippen LogP contribution in [0.5, 0.6) is 11.5 Å². The fourth-order valence-electron chi connectivity index (χ4n) is 7.01. The summed E-state index contributed by atoms with van der Waals surface area (Å²) in [7, 11) is 3.30. The SMILES string of the molecule is COc1ccc(-c2ccc(CCNC(=O)c3ccc4c(c3)[C@]3(C)CCN(CC5CC5)[C@H](C4)[C@@H]3C)cc2)cc1OC. The van der Waals surface area contributed by atoms with Gasteiger partial charge in [0.1, 0.15) is 0 Å². The fourth-order valence-corrected chi connectivity index (χ4v) is 7.01. The molecule has 1 heterocycles. The lowest BCUT2D eigenvalue weighted by atomic mass is 9.59. The highest BCUT2D eigenvalue weighted by atomic mass is 16.5. The van der Waals surface area contributed by atoms with Crippen LogP contribution >= 0.6 is 0 Å². The Bertz CT molecular complexity index is 1380. The van der Waals surface area contributed by atoms with Crippen LogP contribution in [-0.2, 0) is 18.3 Å². The lowest BCUT2D eigenvalue weighted by Gasteiger charge is -2.55. The minimum absolute atomic E-state index is 0.0225. The van der Waals surface area contributed by atoms with E-state index in [-0.39, 0.29) is 11.3 Å². The monoisotopic (exact) mass is 538 g/mol. The zero-order valence-electron chi connectivity index (χ0n) is 24.3. The number of carbonyl (C=O) groups excluding carboxylic acids is 1. The van der Waals surface area contributed by atoms with E-state index in [0.717, 1.165) is 46.9 Å². The van der Waals surface area contributed by atoms with Gasteiger partial charge in [-0.25, -0.2) is 0 Å². The average molecular weight is 539 g/mol. The predicted molar refractivity (Wildman–Crippen MR) is 160 cm³/mol. The van der Waals surface area contributed by atoms with Crippen molar-refractivity contribution in [1.29, 1.82) is 0 Å². The molecule has 3 aromatic carbocycles. The first-order chi connectivity index (χ1) is 19.4. The molecule has 3 aromatic rings. The van der Waals surface area contributed by atoms with Gasteiger partial charge in [0.25, 0.3) is 5.91 Å². The molecular weight excluding hydrogens is 496 g/mol. The number of hydrogen-bond donors (Lipinski definition) is 1. The molecule has 6 rings (SSSR count). The molecule has 1 amide bonds. The molecule has 2 bridgehead atoms. The zero-order chi connectivity index (χ0) is 27.9. The second kappa shape index (κ2) is 10.9. The Morgan fingerprint density at radius 1 is 0.975 bits per heavy atom. The standard InChI is InChI=1S/C35H42N2O3/c1-23-31-20-28-11-12-29(19-30(28)35(23,2)16-18-37(31)22-25-5-6-25)34(38)36-17-15-24-7-9-26(10-8-24)27-13-14-32(39-3)33(21-27)40-4/h7-14,19,21,23,25,31H,5-6,15-18,20,22H2,1-4H3,(H,36,38)/t23-,31+,35+/m0/s1. The molecule has 0 unspecified atom stereocenters. The Morgan fingerprint density at radius 2 is 1.73 bits per heavy atom. The van der Waals surface area contributed by atoms with E-state index >= 15 is 0 Å². The van der Waals surface area contributed by atoms with E-state index in [1.165, 1.54) is 49.0 Å². The van der Waals surface area contributed by atoms with Crippen molar-refractivity contribution in [3.63, 3.8) is 0 Å². The Hall–Kier alpha value is -3.31. The summed E-state index contributed by atoms with van der Waals surface area (Å²) in [5, 5.41) is 3.17. The quantitative estimate of drug-likeness (QED) is 0.349. The van der Waals surface area contributed by atoms with Gasteiger partial charge >= 0.3 is 0 Å². The molecule has 2 aliphatic carbocycles. The molecule has 0 spiro atoms. The molecule has 40 heavy (non-hydrogen) atoms. The maximum atomic E-state index is 13.2. The van der Waals surface area contributed by atoms with E-state index in [1.807, 2.05) is 24.3 Å². The number of amides is 1. The molecule has 3 atom stereocenters. The first-order valence-electron chi connectivity index (χ1n) is 14.9. The molecule has 3 aliphatic rings. The molecule has 5 heteroatoms. The minimum Gasteiger partial charge on any atom is -0.493 e. The third-order valence-corrected chi connectivity index (χ3v) is 9.95. The Morgan fingerprint density at radius 3 is 2.45 bits per heavy atom. The van der Waals surface area contributed by atoms with E-state index < -0.39 is 0 Å². The van der Waals surface area contributed by atoms with Crippen LogP contribution in [0.3, 0.4) is 0 Å². The van der Waals surface area contributed by atoms with E-state index in [4.69, 9.17) is 9.47 Å². The highest BCUT2D eigenvalue weighted by molar-refractivity contribution is 5.94. The van der Waals surface area contributed by atoms with Crippen molar-refractivity contribution in [3.8, 4) is 22.6 Å². The third kappa shape index (κ3) is 5.12. The van der Waals surface area contributed by atoms with Gasteiger partial charge in [-0.1, -0.05) is 50.2 Å². The first-order valence-corrected chi connectivity index (χ1v) is 14.9. The van der Waals surface area contributed by atoms with Gasteiger partial charge in [0.15, 0.2) is 11.5 Å². The van der Waals surface area contributed by atoms with Crippen molar-refractivity contribution in [1.82, 2.24) is 10.2 Å². The number of hydrogen-bond acceptors (Lipinski definition) is 4. The summed E-state index contributed by atoms with van der Waals surface area (Å²) in [6.45, 7) is 7.94. The van der Waals surface area contributed by atoms with Gasteiger partial charge in [0.2, 0.25) is 0 Å². The summed E-state index contributed by atoms with van der Waals surface area (Å²) in [4.78, 5) is 15.9. The number of piperidine rings is 1. The van der Waals surface area contributed by atoms with Crippen molar-refractivity contribution in [2.45, 2.75) is 57.4 Å². The summed E-state index contributed by atoms with van der Waals surface area (Å²) in [6, 6.07) is 21.5. The van der Waals surface area contributed by atoms with E-state index in [0.29, 0.717) is 18.5 Å². The summed E-state index contributed by atoms with van der Waals surface area (Å²) in [6.07, 6.45) is 5.90. The van der Waals surface area contributed by atoms with Gasteiger partial charge in [-0.15, -0.1) is 0 Å². The van der Waals surface area contributed by atoms with Crippen molar-refractivity contribution < 1.29 is 14.3 Å². The van der Waals surface area contributed by atoms with E-state index in [9.17, 15) is 4.79 Å². The predicted octanol–water partition coefficient (Wildman–Crippen LogP) is 6.28. The van der Waals surface area contributed by atoms with Gasteiger partial charge in [0, 0.05) is 24.7 Å². The van der Waals surface area contributed by atoms with Gasteiger partial charge in [0.05, 0.1) is 14.2 Å². The van der Waals surface area contributed by atoms with Crippen LogP contribution in [0.4, 0.5) is 0 Å². The molecule has 2 fully saturated rings. The molecule has 1 N–H and O–H groups in total. The minimum atomic E-state index is 0.0225. The second-order valence-electron chi connectivity index (χ2n) is 12.3. The average Bonchev–Trinajstić information content (AvgIpc) is 3.80. The molecule has 210 valence electrons. The molecule has 1 saturated carbocycles. The maximum absolute atomic E-state index is 13.2. The third-order valence-electron chi connectivity index (χ3n) is 9.95. The molecule has 0 aromatic heterocycles. The number of ether oxygens (including phenoxy) is 2. The number of methoxy groups -OCH3 is 2. The van der Waals surface area contributed by atoms with Crippen LogP contribution in [0.15, 0.2) is 60.7 Å². The summed E-state index contributed by atoms with van der Waals surface area (Å²) >= 11 is 0. The molecule has 1 aliphatic heterocycles. The number of likely N-dealkylation sites (tertiary alicyclic amines) is 1. The lowest BCUT2D eigenvalue weighted by molar-refractivity contribution is 0.0284. The smallest absolute Gasteiger partial charge is 0.251 e. The van der Waals surface area contributed by atoms with Gasteiger partial charge in [-0.05, 0) is 108 Å². The Balaban J connectivity index is 1.08. The summed E-state index contributed by atoms with van der Waals surface area (Å²) < 4.78 is 10.8. The number of fused-ring (bicyclic) bond motifs is 4. The first kappa shape index (κ1) is 26.9. The van der Waals surface area contributed by atoms with Gasteiger partial charge in [-0.3, -0.25) is 9.69 Å². The number of carbonyl (C=O) groups is 1. The van der Waals surface area contributed by atoms with Crippen LogP contribution in [0.1, 0.15) is 60.2 Å². The van der Waals surface area contributed by atoms with E-state index in [2.05, 4.69) is 60.5 Å². The highest BCUT2D eigenvalue weighted by Crippen LogP contribution is 2.49. The Kier molecular flexibility index (Phi) is 7.35. The maximum Gasteiger partial charge on any atom is 0.251 e. The van der Waals surface area contributed by atoms with Gasteiger partial charge in [-0.2, -0.15) is 0 Å². The van der Waals surface area contributed by atoms with Crippen LogP contribution in [0.2, 0.25) is 0 Å². The number of nitrogens with zero attached hydrogens (tertiary/aromatic N) is 1. The molecule has 5 nitrogen and oxygen atoms in total. The van der Waals surface area contributed by atoms with Gasteiger partial charge < -0.3 is 14.8 Å². The van der Waals surface area contributed by atoms with E-state index in [1.54, 1.807) is 14.2 Å². The molecular formula is C35H42N2O3. The normalized spacial score (nSPS) is 23.8. The number of nitrogens with one attached hydrogen (secondary N) is 1. The summed E-state index contributed by atoms with van der Waals surface area (Å²) in [5.41, 5.74) is 7.16. The summed E-state index contributed by atoms with van der Waals surface area (Å²) in [5.74, 6) is 3.00. The van der Waals surface area contributed by atoms with Crippen LogP contribution in [0, 0.1) is 11.8 Å². The topological polar surface area (TPSA) is 50.8 Å². The zero-order valence-corrected chi connectivity index (χ0v) is 24.3. The molecule has 0 radical (unpaired) electrons. The van der Waals surface area contributed by atoms with Crippen molar-refractivity contribution in [2.24, 2.45) is 11.8 Å². The fraction of sp³-hybridized carbons (Fsp3) is 0.457. The molecule has 1 saturated heterocycles. The Labute approximate surface area is 238 Å². The van der Waals surface area contributed by atoms with Crippen molar-refractivity contribution in [3.05, 3.63) is 82.9 Å². The van der Waals surface area contributed by atoms with Crippen LogP contribution in [-0.4, -0.2) is 50.7 Å². The van der Waals surface area contributed by atoms with Crippen molar-refractivity contribution >= 4 is 5.91 Å².